The molecule has 2 aromatic rings. The van der Waals surface area contributed by atoms with E-state index in [0.29, 0.717) is 33.3 Å². The highest BCUT2D eigenvalue weighted by atomic mass is 35.5. The molecular weight excluding hydrogens is 410 g/mol. The lowest BCUT2D eigenvalue weighted by Gasteiger charge is -2.16. The Balaban J connectivity index is 1.99. The van der Waals surface area contributed by atoms with E-state index < -0.39 is 27.9 Å². The van der Waals surface area contributed by atoms with Gasteiger partial charge in [0.15, 0.2) is 0 Å². The zero-order chi connectivity index (χ0) is 19.1. The largest absolute Gasteiger partial charge is 0.417 e. The van der Waals surface area contributed by atoms with E-state index >= 15 is 0 Å². The maximum Gasteiger partial charge on any atom is 0.417 e. The van der Waals surface area contributed by atoms with Gasteiger partial charge in [-0.05, 0) is 47.7 Å². The van der Waals surface area contributed by atoms with E-state index in [4.69, 9.17) is 23.2 Å². The van der Waals surface area contributed by atoms with E-state index in [2.05, 4.69) is 0 Å². The molecule has 2 aromatic carbocycles. The molecule has 0 atom stereocenters. The van der Waals surface area contributed by atoms with Gasteiger partial charge >= 0.3 is 6.18 Å². The molecule has 1 heterocycles. The first kappa shape index (κ1) is 18.8. The Morgan fingerprint density at radius 2 is 1.69 bits per heavy atom. The molecule has 1 aliphatic heterocycles. The molecule has 1 saturated heterocycles. The Hall–Kier alpha value is -1.96. The van der Waals surface area contributed by atoms with Crippen LogP contribution in [0.4, 0.5) is 23.7 Å². The van der Waals surface area contributed by atoms with Crippen molar-refractivity contribution in [3.8, 4) is 0 Å². The first-order valence-corrected chi connectivity index (χ1v) is 8.65. The van der Waals surface area contributed by atoms with Crippen LogP contribution < -0.4 is 4.90 Å². The number of rotatable bonds is 2. The van der Waals surface area contributed by atoms with E-state index in [1.54, 1.807) is 24.3 Å². The van der Waals surface area contributed by atoms with Crippen LogP contribution in [0.3, 0.4) is 0 Å². The summed E-state index contributed by atoms with van der Waals surface area (Å²) in [6.45, 7) is 0. The number of carbonyl (C=O) groups excluding carboxylic acids is 2. The topological polar surface area (TPSA) is 37.4 Å². The summed E-state index contributed by atoms with van der Waals surface area (Å²) in [6, 6.07) is 9.55. The van der Waals surface area contributed by atoms with Crippen molar-refractivity contribution >= 4 is 57.9 Å². The van der Waals surface area contributed by atoms with E-state index in [1.165, 1.54) is 12.1 Å². The summed E-state index contributed by atoms with van der Waals surface area (Å²) < 4.78 is 39.0. The second-order valence-corrected chi connectivity index (χ2v) is 7.01. The van der Waals surface area contributed by atoms with Gasteiger partial charge in [-0.3, -0.25) is 9.59 Å². The van der Waals surface area contributed by atoms with Crippen molar-refractivity contribution in [2.24, 2.45) is 0 Å². The lowest BCUT2D eigenvalue weighted by molar-refractivity contribution is -0.137. The van der Waals surface area contributed by atoms with Crippen LogP contribution in [-0.2, 0) is 11.0 Å². The van der Waals surface area contributed by atoms with Gasteiger partial charge in [-0.1, -0.05) is 41.4 Å². The Morgan fingerprint density at radius 1 is 1.00 bits per heavy atom. The van der Waals surface area contributed by atoms with Crippen LogP contribution in [0.5, 0.6) is 0 Å². The summed E-state index contributed by atoms with van der Waals surface area (Å²) in [5.41, 5.74) is -0.802. The van der Waals surface area contributed by atoms with Gasteiger partial charge in [-0.15, -0.1) is 0 Å². The average molecular weight is 418 g/mol. The average Bonchev–Trinajstić information content (AvgIpc) is 2.83. The molecule has 1 aliphatic rings. The Labute approximate surface area is 160 Å². The molecule has 0 aliphatic carbocycles. The number of nitrogens with zero attached hydrogens (tertiary/aromatic N) is 1. The molecule has 1 fully saturated rings. The summed E-state index contributed by atoms with van der Waals surface area (Å²) in [5.74, 6) is -0.727. The normalized spacial score (nSPS) is 16.7. The molecule has 9 heteroatoms. The number of hydrogen-bond acceptors (Lipinski definition) is 3. The van der Waals surface area contributed by atoms with Crippen LogP contribution in [0.15, 0.2) is 47.4 Å². The summed E-state index contributed by atoms with van der Waals surface area (Å²) in [5, 5.41) is -0.839. The lowest BCUT2D eigenvalue weighted by Crippen LogP contribution is -2.28. The maximum absolute atomic E-state index is 13.0. The predicted molar refractivity (Wildman–Crippen MR) is 96.4 cm³/mol. The number of alkyl halides is 3. The van der Waals surface area contributed by atoms with Crippen molar-refractivity contribution in [1.82, 2.24) is 0 Å². The minimum atomic E-state index is -4.71. The van der Waals surface area contributed by atoms with E-state index in [0.717, 1.165) is 6.07 Å². The summed E-state index contributed by atoms with van der Waals surface area (Å²) in [6.07, 6.45) is -3.28. The van der Waals surface area contributed by atoms with E-state index in [-0.39, 0.29) is 10.6 Å². The SMILES string of the molecule is O=C1S/C(=C\c2ccccc2Cl)C(=O)N1c1ccc(Cl)c(C(F)(F)F)c1. The Bertz CT molecular complexity index is 944. The molecule has 0 aromatic heterocycles. The van der Waals surface area contributed by atoms with Crippen LogP contribution >= 0.6 is 35.0 Å². The van der Waals surface area contributed by atoms with Crippen LogP contribution in [0.1, 0.15) is 11.1 Å². The van der Waals surface area contributed by atoms with Crippen molar-refractivity contribution in [1.29, 1.82) is 0 Å². The molecule has 0 radical (unpaired) electrons. The second-order valence-electron chi connectivity index (χ2n) is 5.20. The highest BCUT2D eigenvalue weighted by molar-refractivity contribution is 8.19. The minimum absolute atomic E-state index is 0.0617. The monoisotopic (exact) mass is 417 g/mol. The number of carbonyl (C=O) groups is 2. The molecule has 3 rings (SSSR count). The minimum Gasteiger partial charge on any atom is -0.268 e. The fourth-order valence-electron chi connectivity index (χ4n) is 2.29. The Morgan fingerprint density at radius 3 is 2.35 bits per heavy atom. The molecule has 0 saturated carbocycles. The standard InChI is InChI=1S/C17H8Cl2F3NO2S/c18-12-4-2-1-3-9(12)7-14-15(24)23(16(25)26-14)10-5-6-13(19)11(8-10)17(20,21)22/h1-8H/b14-7-. The summed E-state index contributed by atoms with van der Waals surface area (Å²) >= 11 is 12.2. The van der Waals surface area contributed by atoms with Crippen LogP contribution in [0, 0.1) is 0 Å². The molecule has 0 N–H and O–H groups in total. The summed E-state index contributed by atoms with van der Waals surface area (Å²) in [7, 11) is 0. The molecule has 0 unspecified atom stereocenters. The molecule has 3 nitrogen and oxygen atoms in total. The highest BCUT2D eigenvalue weighted by Crippen LogP contribution is 2.41. The first-order valence-electron chi connectivity index (χ1n) is 7.07. The van der Waals surface area contributed by atoms with Gasteiger partial charge in [0.2, 0.25) is 0 Å². The molecule has 134 valence electrons. The van der Waals surface area contributed by atoms with Crippen molar-refractivity contribution in [2.75, 3.05) is 4.90 Å². The highest BCUT2D eigenvalue weighted by Gasteiger charge is 2.39. The van der Waals surface area contributed by atoms with Gasteiger partial charge in [-0.2, -0.15) is 13.2 Å². The smallest absolute Gasteiger partial charge is 0.268 e. The number of imide groups is 1. The first-order chi connectivity index (χ1) is 12.2. The predicted octanol–water partition coefficient (Wildman–Crippen LogP) is 6.25. The van der Waals surface area contributed by atoms with Gasteiger partial charge in [-0.25, -0.2) is 4.90 Å². The van der Waals surface area contributed by atoms with Crippen molar-refractivity contribution in [3.05, 3.63) is 68.5 Å². The molecule has 0 bridgehead atoms. The molecule has 0 spiro atoms. The van der Waals surface area contributed by atoms with Crippen molar-refractivity contribution in [3.63, 3.8) is 0 Å². The van der Waals surface area contributed by atoms with Crippen molar-refractivity contribution < 1.29 is 22.8 Å². The maximum atomic E-state index is 13.0. The van der Waals surface area contributed by atoms with Gasteiger partial charge in [0, 0.05) is 5.02 Å². The molecule has 26 heavy (non-hydrogen) atoms. The fourth-order valence-corrected chi connectivity index (χ4v) is 3.54. The number of amides is 2. The third-order valence-corrected chi connectivity index (χ3v) is 5.04. The number of benzene rings is 2. The second kappa shape index (κ2) is 6.98. The zero-order valence-corrected chi connectivity index (χ0v) is 15.0. The van der Waals surface area contributed by atoms with Gasteiger partial charge in [0.25, 0.3) is 11.1 Å². The van der Waals surface area contributed by atoms with Crippen LogP contribution in [0.25, 0.3) is 6.08 Å². The Kier molecular flexibility index (Phi) is 5.05. The molecular formula is C17H8Cl2F3NO2S. The lowest BCUT2D eigenvalue weighted by atomic mass is 10.1. The quantitative estimate of drug-likeness (QED) is 0.541. The van der Waals surface area contributed by atoms with E-state index in [1.807, 2.05) is 0 Å². The van der Waals surface area contributed by atoms with Crippen LogP contribution in [-0.4, -0.2) is 11.1 Å². The third kappa shape index (κ3) is 3.60. The number of thioether (sulfide) groups is 1. The van der Waals surface area contributed by atoms with Crippen LogP contribution in [0.2, 0.25) is 10.0 Å². The van der Waals surface area contributed by atoms with E-state index in [9.17, 15) is 22.8 Å². The zero-order valence-electron chi connectivity index (χ0n) is 12.7. The summed E-state index contributed by atoms with van der Waals surface area (Å²) in [4.78, 5) is 25.5. The fraction of sp³-hybridized carbons (Fsp3) is 0.0588. The third-order valence-electron chi connectivity index (χ3n) is 3.50. The van der Waals surface area contributed by atoms with Gasteiger partial charge in [0.05, 0.1) is 21.2 Å². The van der Waals surface area contributed by atoms with Crippen molar-refractivity contribution in [2.45, 2.75) is 6.18 Å². The van der Waals surface area contributed by atoms with Gasteiger partial charge < -0.3 is 0 Å². The van der Waals surface area contributed by atoms with Gasteiger partial charge in [0.1, 0.15) is 0 Å². The molecule has 2 amide bonds. The number of anilines is 1. The number of halogens is 5. The number of hydrogen-bond donors (Lipinski definition) is 0.